The number of aryl methyl sites for hydroxylation is 2. The topological polar surface area (TPSA) is 68.0 Å². The summed E-state index contributed by atoms with van der Waals surface area (Å²) in [5.41, 5.74) is 2.94. The average Bonchev–Trinajstić information content (AvgIpc) is 3.07. The number of nitrogens with zero attached hydrogens (tertiary/aromatic N) is 2. The van der Waals surface area contributed by atoms with Crippen molar-refractivity contribution >= 4 is 22.9 Å². The van der Waals surface area contributed by atoms with Gasteiger partial charge in [-0.3, -0.25) is 4.79 Å². The Morgan fingerprint density at radius 3 is 2.86 bits per heavy atom. The van der Waals surface area contributed by atoms with Crippen LogP contribution in [0.4, 0.5) is 5.69 Å². The van der Waals surface area contributed by atoms with Gasteiger partial charge in [0.2, 0.25) is 11.8 Å². The standard InChI is InChI=1S/C16H15N3O2S/c1-10-4-3-5-12(8-10)17-13(20)9-14-18-19-16(21-14)15-11(2)6-7-22-15/h3-8H,9H2,1-2H3,(H,17,20). The second kappa shape index (κ2) is 6.11. The van der Waals surface area contributed by atoms with Gasteiger partial charge in [-0.25, -0.2) is 0 Å². The summed E-state index contributed by atoms with van der Waals surface area (Å²) in [4.78, 5) is 13.0. The molecule has 0 bridgehead atoms. The van der Waals surface area contributed by atoms with Gasteiger partial charge >= 0.3 is 0 Å². The van der Waals surface area contributed by atoms with Gasteiger partial charge in [0.05, 0.1) is 4.88 Å². The van der Waals surface area contributed by atoms with E-state index in [0.29, 0.717) is 11.8 Å². The van der Waals surface area contributed by atoms with Crippen LogP contribution >= 0.6 is 11.3 Å². The lowest BCUT2D eigenvalue weighted by molar-refractivity contribution is -0.115. The van der Waals surface area contributed by atoms with E-state index in [-0.39, 0.29) is 12.3 Å². The first kappa shape index (κ1) is 14.5. The van der Waals surface area contributed by atoms with Crippen LogP contribution in [-0.2, 0) is 11.2 Å². The van der Waals surface area contributed by atoms with E-state index in [4.69, 9.17) is 4.42 Å². The number of hydrogen-bond acceptors (Lipinski definition) is 5. The first-order valence-electron chi connectivity index (χ1n) is 6.85. The molecule has 1 N–H and O–H groups in total. The lowest BCUT2D eigenvalue weighted by Crippen LogP contribution is -2.14. The molecule has 0 aliphatic heterocycles. The molecule has 2 aromatic heterocycles. The molecule has 0 radical (unpaired) electrons. The summed E-state index contributed by atoms with van der Waals surface area (Å²) in [6.45, 7) is 3.96. The van der Waals surface area contributed by atoms with Gasteiger partial charge < -0.3 is 9.73 Å². The van der Waals surface area contributed by atoms with E-state index in [1.54, 1.807) is 11.3 Å². The fourth-order valence-electron chi connectivity index (χ4n) is 2.07. The normalized spacial score (nSPS) is 10.6. The van der Waals surface area contributed by atoms with Crippen LogP contribution in [0.5, 0.6) is 0 Å². The van der Waals surface area contributed by atoms with Crippen LogP contribution in [0.2, 0.25) is 0 Å². The van der Waals surface area contributed by atoms with Crippen LogP contribution in [0, 0.1) is 13.8 Å². The molecule has 1 amide bonds. The van der Waals surface area contributed by atoms with E-state index >= 15 is 0 Å². The number of rotatable bonds is 4. The molecule has 0 saturated heterocycles. The molecular formula is C16H15N3O2S. The summed E-state index contributed by atoms with van der Waals surface area (Å²) < 4.78 is 5.57. The Labute approximate surface area is 132 Å². The highest BCUT2D eigenvalue weighted by molar-refractivity contribution is 7.13. The zero-order valence-electron chi connectivity index (χ0n) is 12.3. The molecule has 6 heteroatoms. The highest BCUT2D eigenvalue weighted by atomic mass is 32.1. The van der Waals surface area contributed by atoms with Gasteiger partial charge in [0.1, 0.15) is 6.42 Å². The maximum absolute atomic E-state index is 12.0. The summed E-state index contributed by atoms with van der Waals surface area (Å²) in [7, 11) is 0. The predicted octanol–water partition coefficient (Wildman–Crippen LogP) is 3.60. The van der Waals surface area contributed by atoms with Crippen molar-refractivity contribution in [2.45, 2.75) is 20.3 Å². The van der Waals surface area contributed by atoms with Gasteiger partial charge in [0.15, 0.2) is 0 Å². The van der Waals surface area contributed by atoms with Crippen molar-refractivity contribution in [2.24, 2.45) is 0 Å². The van der Waals surface area contributed by atoms with Gasteiger partial charge in [-0.15, -0.1) is 21.5 Å². The Hall–Kier alpha value is -2.47. The van der Waals surface area contributed by atoms with E-state index in [9.17, 15) is 4.79 Å². The summed E-state index contributed by atoms with van der Waals surface area (Å²) >= 11 is 1.54. The Bertz CT molecular complexity index is 807. The molecule has 3 rings (SSSR count). The number of amides is 1. The molecule has 112 valence electrons. The van der Waals surface area contributed by atoms with Crippen LogP contribution < -0.4 is 5.32 Å². The van der Waals surface area contributed by atoms with Gasteiger partial charge in [-0.05, 0) is 48.6 Å². The van der Waals surface area contributed by atoms with E-state index in [2.05, 4.69) is 15.5 Å². The number of thiophene rings is 1. The highest BCUT2D eigenvalue weighted by Crippen LogP contribution is 2.27. The van der Waals surface area contributed by atoms with Crippen LogP contribution in [0.1, 0.15) is 17.0 Å². The van der Waals surface area contributed by atoms with Crippen molar-refractivity contribution in [3.63, 3.8) is 0 Å². The van der Waals surface area contributed by atoms with Crippen molar-refractivity contribution in [3.05, 3.63) is 52.7 Å². The molecular weight excluding hydrogens is 298 g/mol. The molecule has 0 fully saturated rings. The molecule has 5 nitrogen and oxygen atoms in total. The Balaban J connectivity index is 1.67. The summed E-state index contributed by atoms with van der Waals surface area (Å²) in [6.07, 6.45) is 0.0609. The third-order valence-electron chi connectivity index (χ3n) is 3.14. The second-order valence-electron chi connectivity index (χ2n) is 5.03. The maximum atomic E-state index is 12.0. The van der Waals surface area contributed by atoms with E-state index in [0.717, 1.165) is 21.7 Å². The van der Waals surface area contributed by atoms with Crippen LogP contribution in [0.25, 0.3) is 10.8 Å². The zero-order chi connectivity index (χ0) is 15.5. The van der Waals surface area contributed by atoms with Crippen molar-refractivity contribution < 1.29 is 9.21 Å². The number of carbonyl (C=O) groups is 1. The molecule has 3 aromatic rings. The van der Waals surface area contributed by atoms with Crippen LogP contribution in [0.15, 0.2) is 40.1 Å². The SMILES string of the molecule is Cc1cccc(NC(=O)Cc2nnc(-c3sccc3C)o2)c1. The van der Waals surface area contributed by atoms with E-state index in [1.807, 2.05) is 49.6 Å². The van der Waals surface area contributed by atoms with Crippen molar-refractivity contribution in [2.75, 3.05) is 5.32 Å². The third-order valence-corrected chi connectivity index (χ3v) is 4.14. The van der Waals surface area contributed by atoms with Crippen molar-refractivity contribution in [1.82, 2.24) is 10.2 Å². The molecule has 0 aliphatic carbocycles. The fraction of sp³-hybridized carbons (Fsp3) is 0.188. The molecule has 1 aromatic carbocycles. The minimum absolute atomic E-state index is 0.0609. The van der Waals surface area contributed by atoms with Crippen molar-refractivity contribution in [3.8, 4) is 10.8 Å². The predicted molar refractivity (Wildman–Crippen MR) is 85.9 cm³/mol. The molecule has 0 aliphatic rings. The number of benzene rings is 1. The van der Waals surface area contributed by atoms with Gasteiger partial charge in [0, 0.05) is 5.69 Å². The highest BCUT2D eigenvalue weighted by Gasteiger charge is 2.14. The first-order chi connectivity index (χ1) is 10.6. The fourth-order valence-corrected chi connectivity index (χ4v) is 2.92. The number of nitrogens with one attached hydrogen (secondary N) is 1. The molecule has 0 saturated carbocycles. The molecule has 0 unspecified atom stereocenters. The number of hydrogen-bond donors (Lipinski definition) is 1. The van der Waals surface area contributed by atoms with E-state index < -0.39 is 0 Å². The lowest BCUT2D eigenvalue weighted by atomic mass is 10.2. The Morgan fingerprint density at radius 2 is 2.14 bits per heavy atom. The maximum Gasteiger partial charge on any atom is 0.258 e. The first-order valence-corrected chi connectivity index (χ1v) is 7.73. The third kappa shape index (κ3) is 3.23. The van der Waals surface area contributed by atoms with Gasteiger partial charge in [0.25, 0.3) is 5.89 Å². The lowest BCUT2D eigenvalue weighted by Gasteiger charge is -2.03. The Morgan fingerprint density at radius 1 is 1.27 bits per heavy atom. The van der Waals surface area contributed by atoms with Crippen LogP contribution in [0.3, 0.4) is 0 Å². The average molecular weight is 313 g/mol. The Kier molecular flexibility index (Phi) is 4.02. The summed E-state index contributed by atoms with van der Waals surface area (Å²) in [6, 6.07) is 9.62. The molecule has 2 heterocycles. The number of aromatic nitrogens is 2. The summed E-state index contributed by atoms with van der Waals surface area (Å²) in [5.74, 6) is 0.600. The van der Waals surface area contributed by atoms with Crippen molar-refractivity contribution in [1.29, 1.82) is 0 Å². The van der Waals surface area contributed by atoms with Gasteiger partial charge in [-0.2, -0.15) is 0 Å². The zero-order valence-corrected chi connectivity index (χ0v) is 13.1. The smallest absolute Gasteiger partial charge is 0.258 e. The van der Waals surface area contributed by atoms with E-state index in [1.165, 1.54) is 0 Å². The largest absolute Gasteiger partial charge is 0.419 e. The molecule has 0 atom stereocenters. The second-order valence-corrected chi connectivity index (χ2v) is 5.94. The molecule has 22 heavy (non-hydrogen) atoms. The number of anilines is 1. The quantitative estimate of drug-likeness (QED) is 0.799. The summed E-state index contributed by atoms with van der Waals surface area (Å²) in [5, 5.41) is 12.7. The van der Waals surface area contributed by atoms with Gasteiger partial charge in [-0.1, -0.05) is 12.1 Å². The number of carbonyl (C=O) groups excluding carboxylic acids is 1. The minimum atomic E-state index is -0.177. The molecule has 0 spiro atoms. The minimum Gasteiger partial charge on any atom is -0.419 e. The monoisotopic (exact) mass is 313 g/mol. The van der Waals surface area contributed by atoms with Crippen LogP contribution in [-0.4, -0.2) is 16.1 Å².